The Morgan fingerprint density at radius 3 is 2.63 bits per heavy atom. The fourth-order valence-electron chi connectivity index (χ4n) is 1.78. The van der Waals surface area contributed by atoms with Crippen LogP contribution in [0.3, 0.4) is 0 Å². The first kappa shape index (κ1) is 21.0. The van der Waals surface area contributed by atoms with Crippen LogP contribution in [0, 0.1) is 0 Å². The van der Waals surface area contributed by atoms with Crippen molar-refractivity contribution in [3.05, 3.63) is 18.2 Å². The van der Waals surface area contributed by atoms with Crippen LogP contribution in [0.1, 0.15) is 0 Å². The van der Waals surface area contributed by atoms with Crippen LogP contribution in [0.2, 0.25) is 0 Å². The van der Waals surface area contributed by atoms with Crippen molar-refractivity contribution in [2.75, 3.05) is 30.8 Å². The SMILES string of the molecule is COc1nc(NCCN)nc(Nc2cc(S(=O)(=O)O)ccc2SOOO)n1. The zero-order chi connectivity index (χ0) is 19.9. The first-order valence-electron chi connectivity index (χ1n) is 7.14. The van der Waals surface area contributed by atoms with Crippen LogP contribution in [0.15, 0.2) is 28.0 Å². The van der Waals surface area contributed by atoms with Crippen molar-refractivity contribution in [3.63, 3.8) is 0 Å². The average Bonchev–Trinajstić information content (AvgIpc) is 2.64. The molecule has 0 atom stereocenters. The summed E-state index contributed by atoms with van der Waals surface area (Å²) in [6.45, 7) is 0.736. The quantitative estimate of drug-likeness (QED) is 0.156. The zero-order valence-electron chi connectivity index (χ0n) is 13.8. The molecule has 0 spiro atoms. The highest BCUT2D eigenvalue weighted by Gasteiger charge is 2.16. The van der Waals surface area contributed by atoms with Crippen LogP contribution in [-0.2, 0) is 19.5 Å². The zero-order valence-corrected chi connectivity index (χ0v) is 15.5. The summed E-state index contributed by atoms with van der Waals surface area (Å²) in [7, 11) is -3.10. The molecule has 0 unspecified atom stereocenters. The molecule has 27 heavy (non-hydrogen) atoms. The highest BCUT2D eigenvalue weighted by atomic mass is 32.2. The minimum atomic E-state index is -4.46. The van der Waals surface area contributed by atoms with Crippen LogP contribution in [0.4, 0.5) is 17.6 Å². The predicted molar refractivity (Wildman–Crippen MR) is 94.1 cm³/mol. The molecule has 2 rings (SSSR count). The molecule has 0 saturated heterocycles. The maximum Gasteiger partial charge on any atom is 0.322 e. The van der Waals surface area contributed by atoms with Gasteiger partial charge in [-0.2, -0.15) is 23.4 Å². The van der Waals surface area contributed by atoms with Crippen molar-refractivity contribution in [1.29, 1.82) is 0 Å². The number of anilines is 3. The van der Waals surface area contributed by atoms with E-state index in [9.17, 15) is 13.0 Å². The third-order valence-electron chi connectivity index (χ3n) is 2.87. The highest BCUT2D eigenvalue weighted by molar-refractivity contribution is 7.94. The number of ether oxygens (including phenoxy) is 1. The molecule has 1 aromatic carbocycles. The van der Waals surface area contributed by atoms with Gasteiger partial charge in [-0.1, -0.05) is 5.04 Å². The molecule has 13 nitrogen and oxygen atoms in total. The second kappa shape index (κ2) is 9.60. The van der Waals surface area contributed by atoms with Gasteiger partial charge >= 0.3 is 6.01 Å². The maximum absolute atomic E-state index is 11.4. The van der Waals surface area contributed by atoms with Gasteiger partial charge in [0.2, 0.25) is 11.9 Å². The molecule has 0 saturated carbocycles. The lowest BCUT2D eigenvalue weighted by Crippen LogP contribution is -2.16. The molecule has 2 aromatic rings. The van der Waals surface area contributed by atoms with Crippen LogP contribution in [0.25, 0.3) is 0 Å². The van der Waals surface area contributed by atoms with Crippen molar-refractivity contribution >= 4 is 39.7 Å². The van der Waals surface area contributed by atoms with Gasteiger partial charge in [-0.15, -0.1) is 4.33 Å². The van der Waals surface area contributed by atoms with E-state index in [1.165, 1.54) is 13.2 Å². The van der Waals surface area contributed by atoms with Gasteiger partial charge in [-0.3, -0.25) is 4.55 Å². The van der Waals surface area contributed by atoms with Crippen LogP contribution in [-0.4, -0.2) is 53.4 Å². The molecular formula is C12H16N6O7S2. The number of benzene rings is 1. The highest BCUT2D eigenvalue weighted by Crippen LogP contribution is 2.32. The monoisotopic (exact) mass is 420 g/mol. The normalized spacial score (nSPS) is 11.3. The van der Waals surface area contributed by atoms with Gasteiger partial charge in [0.15, 0.2) is 0 Å². The molecule has 1 heterocycles. The maximum atomic E-state index is 11.4. The number of rotatable bonds is 10. The minimum Gasteiger partial charge on any atom is -0.467 e. The molecule has 15 heteroatoms. The summed E-state index contributed by atoms with van der Waals surface area (Å²) in [6.07, 6.45) is 0. The van der Waals surface area contributed by atoms with Gasteiger partial charge in [-0.05, 0) is 18.2 Å². The Hall–Kier alpha value is -2.27. The third kappa shape index (κ3) is 6.14. The lowest BCUT2D eigenvalue weighted by atomic mass is 10.3. The standard InChI is InChI=1S/C12H16N6O7S2/c1-23-12-17-10(14-5-4-13)16-11(18-12)15-8-6-7(27(20,21)22)2-3-9(8)26-25-24-19/h2-3,6,19H,4-5,13H2,1H3,(H,20,21,22)(H2,14,15,16,17,18). The molecule has 148 valence electrons. The molecule has 6 N–H and O–H groups in total. The first-order valence-corrected chi connectivity index (χ1v) is 9.33. The van der Waals surface area contributed by atoms with Gasteiger partial charge in [0.05, 0.1) is 34.6 Å². The van der Waals surface area contributed by atoms with Gasteiger partial charge in [-0.25, -0.2) is 5.26 Å². The second-order valence-corrected chi connectivity index (χ2v) is 6.83. The summed E-state index contributed by atoms with van der Waals surface area (Å²) in [5.74, 6) is 0.172. The lowest BCUT2D eigenvalue weighted by Gasteiger charge is -2.12. The summed E-state index contributed by atoms with van der Waals surface area (Å²) in [4.78, 5) is 12.0. The van der Waals surface area contributed by atoms with Crippen molar-refractivity contribution in [2.45, 2.75) is 9.79 Å². The summed E-state index contributed by atoms with van der Waals surface area (Å²) in [5, 5.41) is 17.5. The Bertz CT molecular complexity index is 883. The van der Waals surface area contributed by atoms with E-state index >= 15 is 0 Å². The average molecular weight is 420 g/mol. The lowest BCUT2D eigenvalue weighted by molar-refractivity contribution is -0.432. The van der Waals surface area contributed by atoms with E-state index in [4.69, 9.17) is 15.7 Å². The molecular weight excluding hydrogens is 404 g/mol. The smallest absolute Gasteiger partial charge is 0.322 e. The molecule has 0 aliphatic carbocycles. The Morgan fingerprint density at radius 2 is 2.00 bits per heavy atom. The Morgan fingerprint density at radius 1 is 1.26 bits per heavy atom. The topological polar surface area (TPSA) is 191 Å². The van der Waals surface area contributed by atoms with E-state index in [1.54, 1.807) is 0 Å². The molecule has 0 aliphatic rings. The summed E-state index contributed by atoms with van der Waals surface area (Å²) < 4.78 is 41.3. The van der Waals surface area contributed by atoms with Crippen molar-refractivity contribution in [3.8, 4) is 6.01 Å². The first-order chi connectivity index (χ1) is 12.9. The number of nitrogens with zero attached hydrogens (tertiary/aromatic N) is 3. The molecule has 0 aliphatic heterocycles. The molecule has 1 aromatic heterocycles. The van der Waals surface area contributed by atoms with Crippen molar-refractivity contribution in [2.24, 2.45) is 5.73 Å². The molecule has 0 radical (unpaired) electrons. The van der Waals surface area contributed by atoms with E-state index in [0.717, 1.165) is 12.1 Å². The van der Waals surface area contributed by atoms with Crippen LogP contribution < -0.4 is 21.1 Å². The second-order valence-electron chi connectivity index (χ2n) is 4.67. The molecule has 0 fully saturated rings. The fraction of sp³-hybridized carbons (Fsp3) is 0.250. The van der Waals surface area contributed by atoms with E-state index in [2.05, 4.69) is 35.0 Å². The fourth-order valence-corrected chi connectivity index (χ4v) is 2.71. The Balaban J connectivity index is 2.41. The minimum absolute atomic E-state index is 0.000580. The Labute approximate surface area is 158 Å². The number of methoxy groups -OCH3 is 1. The van der Waals surface area contributed by atoms with Gasteiger partial charge in [0, 0.05) is 13.1 Å². The number of hydrogen-bond donors (Lipinski definition) is 5. The third-order valence-corrected chi connectivity index (χ3v) is 4.39. The number of hydrogen-bond acceptors (Lipinski definition) is 13. The van der Waals surface area contributed by atoms with Gasteiger partial charge < -0.3 is 21.1 Å². The van der Waals surface area contributed by atoms with Crippen LogP contribution >= 0.6 is 12.0 Å². The summed E-state index contributed by atoms with van der Waals surface area (Å²) in [5.41, 5.74) is 5.55. The Kier molecular flexibility index (Phi) is 7.48. The van der Waals surface area contributed by atoms with E-state index < -0.39 is 10.1 Å². The number of nitrogens with one attached hydrogen (secondary N) is 2. The van der Waals surface area contributed by atoms with Crippen LogP contribution in [0.5, 0.6) is 6.01 Å². The van der Waals surface area contributed by atoms with Crippen molar-refractivity contribution < 1.29 is 32.3 Å². The summed E-state index contributed by atoms with van der Waals surface area (Å²) in [6, 6.07) is 3.54. The molecule has 0 bridgehead atoms. The summed E-state index contributed by atoms with van der Waals surface area (Å²) >= 11 is 0.568. The van der Waals surface area contributed by atoms with E-state index in [-0.39, 0.29) is 33.4 Å². The number of aromatic nitrogens is 3. The van der Waals surface area contributed by atoms with E-state index in [1.807, 2.05) is 0 Å². The molecule has 0 amide bonds. The largest absolute Gasteiger partial charge is 0.467 e. The van der Waals surface area contributed by atoms with Crippen molar-refractivity contribution in [1.82, 2.24) is 15.0 Å². The van der Waals surface area contributed by atoms with Gasteiger partial charge in [0.1, 0.15) is 0 Å². The predicted octanol–water partition coefficient (Wildman–Crippen LogP) is 0.669. The van der Waals surface area contributed by atoms with E-state index in [0.29, 0.717) is 25.1 Å². The number of nitrogens with two attached hydrogens (primary N) is 1. The van der Waals surface area contributed by atoms with Gasteiger partial charge in [0.25, 0.3) is 10.1 Å².